The molecule has 2 fully saturated rings. The highest BCUT2D eigenvalue weighted by Crippen LogP contribution is 2.45. The average Bonchev–Trinajstić information content (AvgIpc) is 2.67. The van der Waals surface area contributed by atoms with Gasteiger partial charge in [0.25, 0.3) is 0 Å². The molecule has 0 bridgehead atoms. The Labute approximate surface area is 90.5 Å². The summed E-state index contributed by atoms with van der Waals surface area (Å²) in [6.07, 6.45) is 9.26. The molecule has 3 unspecified atom stereocenters. The number of rotatable bonds is 1. The molecule has 0 radical (unpaired) electrons. The van der Waals surface area contributed by atoms with Crippen molar-refractivity contribution in [2.45, 2.75) is 66.2 Å². The number of hydrogen-bond acceptors (Lipinski definition) is 0. The first-order valence-corrected chi connectivity index (χ1v) is 6.77. The Kier molecular flexibility index (Phi) is 4.98. The first-order chi connectivity index (χ1) is 6.77. The molecule has 2 saturated carbocycles. The maximum Gasteiger partial charge on any atom is -0.0383 e. The molecule has 2 aliphatic rings. The zero-order valence-corrected chi connectivity index (χ0v) is 10.6. The Bertz CT molecular complexity index is 148. The van der Waals surface area contributed by atoms with Crippen molar-refractivity contribution >= 4 is 0 Å². The Balaban J connectivity index is 0.000000461. The van der Waals surface area contributed by atoms with E-state index in [1.54, 1.807) is 25.7 Å². The van der Waals surface area contributed by atoms with Gasteiger partial charge in [0.2, 0.25) is 0 Å². The molecule has 0 aromatic heterocycles. The summed E-state index contributed by atoms with van der Waals surface area (Å²) in [4.78, 5) is 0. The molecule has 0 heterocycles. The molecule has 0 aromatic rings. The van der Waals surface area contributed by atoms with E-state index in [-0.39, 0.29) is 0 Å². The first kappa shape index (κ1) is 12.1. The van der Waals surface area contributed by atoms with Crippen LogP contribution in [0.4, 0.5) is 0 Å². The second-order valence-corrected chi connectivity index (χ2v) is 5.27. The quantitative estimate of drug-likeness (QED) is 0.560. The number of hydrogen-bond donors (Lipinski definition) is 0. The summed E-state index contributed by atoms with van der Waals surface area (Å²) in [6.45, 7) is 8.81. The molecule has 0 saturated heterocycles. The molecule has 0 aromatic carbocycles. The molecule has 84 valence electrons. The van der Waals surface area contributed by atoms with Gasteiger partial charge in [-0.2, -0.15) is 0 Å². The molecule has 2 rings (SSSR count). The molecule has 0 amide bonds. The molecule has 0 aliphatic heterocycles. The molecule has 0 heteroatoms. The fourth-order valence-electron chi connectivity index (χ4n) is 3.34. The van der Waals surface area contributed by atoms with Crippen LogP contribution in [0.1, 0.15) is 66.2 Å². The van der Waals surface area contributed by atoms with Crippen LogP contribution in [0.5, 0.6) is 0 Å². The van der Waals surface area contributed by atoms with Crippen LogP contribution >= 0.6 is 0 Å². The smallest absolute Gasteiger partial charge is 0.0383 e. The van der Waals surface area contributed by atoms with Crippen molar-refractivity contribution < 1.29 is 0 Å². The third kappa shape index (κ3) is 2.74. The summed E-state index contributed by atoms with van der Waals surface area (Å²) in [5.41, 5.74) is 0. The first-order valence-electron chi connectivity index (χ1n) is 6.77. The van der Waals surface area contributed by atoms with Gasteiger partial charge in [0.15, 0.2) is 0 Å². The molecule has 0 nitrogen and oxygen atoms in total. The summed E-state index contributed by atoms with van der Waals surface area (Å²) in [5, 5.41) is 0. The lowest BCUT2D eigenvalue weighted by Gasteiger charge is -2.34. The van der Waals surface area contributed by atoms with E-state index in [0.717, 1.165) is 23.7 Å². The van der Waals surface area contributed by atoms with E-state index < -0.39 is 0 Å². The maximum atomic E-state index is 2.40. The summed E-state index contributed by atoms with van der Waals surface area (Å²) < 4.78 is 0. The van der Waals surface area contributed by atoms with Crippen LogP contribution in [0.15, 0.2) is 0 Å². The van der Waals surface area contributed by atoms with Gasteiger partial charge in [-0.3, -0.25) is 0 Å². The Morgan fingerprint density at radius 2 is 1.50 bits per heavy atom. The van der Waals surface area contributed by atoms with Gasteiger partial charge in [0.05, 0.1) is 0 Å². The molecular weight excluding hydrogens is 168 g/mol. The van der Waals surface area contributed by atoms with Crippen molar-refractivity contribution in [3.63, 3.8) is 0 Å². The minimum Gasteiger partial charge on any atom is -0.0683 e. The van der Waals surface area contributed by atoms with Crippen LogP contribution in [0.2, 0.25) is 0 Å². The van der Waals surface area contributed by atoms with Gasteiger partial charge in [0.1, 0.15) is 0 Å². The van der Waals surface area contributed by atoms with Crippen LogP contribution in [0.25, 0.3) is 0 Å². The zero-order valence-electron chi connectivity index (χ0n) is 10.6. The molecule has 14 heavy (non-hydrogen) atoms. The van der Waals surface area contributed by atoms with E-state index in [1.807, 2.05) is 13.8 Å². The lowest BCUT2D eigenvalue weighted by molar-refractivity contribution is 0.171. The predicted octanol–water partition coefficient (Wildman–Crippen LogP) is 4.89. The SMILES string of the molecule is CC.CC(C)C1CCC2CCCC2C1. The second kappa shape index (κ2) is 5.78. The topological polar surface area (TPSA) is 0 Å². The van der Waals surface area contributed by atoms with E-state index in [1.165, 1.54) is 12.8 Å². The van der Waals surface area contributed by atoms with Gasteiger partial charge in [-0.25, -0.2) is 0 Å². The monoisotopic (exact) mass is 196 g/mol. The lowest BCUT2D eigenvalue weighted by Crippen LogP contribution is -2.23. The maximum absolute atomic E-state index is 2.40. The predicted molar refractivity (Wildman–Crippen MR) is 64.4 cm³/mol. The summed E-state index contributed by atoms with van der Waals surface area (Å²) in [7, 11) is 0. The Hall–Kier alpha value is 0. The van der Waals surface area contributed by atoms with Crippen molar-refractivity contribution in [2.75, 3.05) is 0 Å². The van der Waals surface area contributed by atoms with Gasteiger partial charge < -0.3 is 0 Å². The molecular formula is C14H28. The number of fused-ring (bicyclic) bond motifs is 1. The van der Waals surface area contributed by atoms with Crippen molar-refractivity contribution in [1.29, 1.82) is 0 Å². The second-order valence-electron chi connectivity index (χ2n) is 5.27. The fourth-order valence-corrected chi connectivity index (χ4v) is 3.34. The lowest BCUT2D eigenvalue weighted by atomic mass is 9.72. The minimum atomic E-state index is 0.937. The van der Waals surface area contributed by atoms with Crippen LogP contribution in [0, 0.1) is 23.7 Å². The van der Waals surface area contributed by atoms with E-state index >= 15 is 0 Å². The fraction of sp³-hybridized carbons (Fsp3) is 1.00. The summed E-state index contributed by atoms with van der Waals surface area (Å²) >= 11 is 0. The summed E-state index contributed by atoms with van der Waals surface area (Å²) in [6, 6.07) is 0. The molecule has 2 aliphatic carbocycles. The van der Waals surface area contributed by atoms with Crippen LogP contribution in [0.3, 0.4) is 0 Å². The molecule has 0 spiro atoms. The normalized spacial score (nSPS) is 36.2. The minimum absolute atomic E-state index is 0.937. The van der Waals surface area contributed by atoms with Crippen molar-refractivity contribution in [3.05, 3.63) is 0 Å². The van der Waals surface area contributed by atoms with Crippen molar-refractivity contribution in [2.24, 2.45) is 23.7 Å². The largest absolute Gasteiger partial charge is 0.0683 e. The Morgan fingerprint density at radius 1 is 0.857 bits per heavy atom. The Morgan fingerprint density at radius 3 is 2.14 bits per heavy atom. The zero-order chi connectivity index (χ0) is 10.6. The van der Waals surface area contributed by atoms with Crippen molar-refractivity contribution in [3.8, 4) is 0 Å². The van der Waals surface area contributed by atoms with E-state index in [0.29, 0.717) is 0 Å². The summed E-state index contributed by atoms with van der Waals surface area (Å²) in [5.74, 6) is 4.27. The standard InChI is InChI=1S/C12H22.C2H6/c1-9(2)11-7-6-10-4-3-5-12(10)8-11;1-2/h9-12H,3-8H2,1-2H3;1-2H3. The van der Waals surface area contributed by atoms with Crippen LogP contribution < -0.4 is 0 Å². The highest BCUT2D eigenvalue weighted by atomic mass is 14.4. The van der Waals surface area contributed by atoms with E-state index in [4.69, 9.17) is 0 Å². The van der Waals surface area contributed by atoms with Gasteiger partial charge in [-0.15, -0.1) is 0 Å². The molecule has 0 N–H and O–H groups in total. The van der Waals surface area contributed by atoms with Crippen LogP contribution in [-0.2, 0) is 0 Å². The van der Waals surface area contributed by atoms with E-state index in [2.05, 4.69) is 13.8 Å². The van der Waals surface area contributed by atoms with Crippen LogP contribution in [-0.4, -0.2) is 0 Å². The van der Waals surface area contributed by atoms with Gasteiger partial charge in [-0.05, 0) is 42.9 Å². The third-order valence-electron chi connectivity index (χ3n) is 4.27. The van der Waals surface area contributed by atoms with Crippen molar-refractivity contribution in [1.82, 2.24) is 0 Å². The van der Waals surface area contributed by atoms with Gasteiger partial charge in [-0.1, -0.05) is 47.0 Å². The van der Waals surface area contributed by atoms with Gasteiger partial charge in [0, 0.05) is 0 Å². The highest BCUT2D eigenvalue weighted by molar-refractivity contribution is 4.85. The third-order valence-corrected chi connectivity index (χ3v) is 4.27. The van der Waals surface area contributed by atoms with Gasteiger partial charge >= 0.3 is 0 Å². The molecule has 3 atom stereocenters. The van der Waals surface area contributed by atoms with E-state index in [9.17, 15) is 0 Å². The highest BCUT2D eigenvalue weighted by Gasteiger charge is 2.34. The average molecular weight is 196 g/mol.